The summed E-state index contributed by atoms with van der Waals surface area (Å²) in [5.74, 6) is -1.45. The molecule has 0 saturated heterocycles. The smallest absolute Gasteiger partial charge is 0.336 e. The molecule has 3 rings (SSSR count). The number of carboxylic acid groups (broad SMARTS) is 1. The summed E-state index contributed by atoms with van der Waals surface area (Å²) in [5.41, 5.74) is 7.79. The van der Waals surface area contributed by atoms with Gasteiger partial charge in [-0.25, -0.2) is 19.2 Å². The van der Waals surface area contributed by atoms with Gasteiger partial charge in [0.2, 0.25) is 5.88 Å². The van der Waals surface area contributed by atoms with Gasteiger partial charge in [-0.3, -0.25) is 4.68 Å². The second kappa shape index (κ2) is 8.96. The molecule has 3 aromatic rings. The molecule has 0 radical (unpaired) electrons. The van der Waals surface area contributed by atoms with E-state index in [0.717, 1.165) is 17.8 Å². The number of aromatic nitrogens is 4. The molecule has 0 spiro atoms. The molecule has 0 aliphatic rings. The number of nitrogen functional groups attached to an aromatic ring is 1. The molecule has 0 amide bonds. The number of nitrogens with zero attached hydrogens (tertiary/aromatic N) is 4. The van der Waals surface area contributed by atoms with Gasteiger partial charge < -0.3 is 25.6 Å². The highest BCUT2D eigenvalue weighted by molar-refractivity contribution is 5.89. The Balaban J connectivity index is 2.00. The van der Waals surface area contributed by atoms with Crippen LogP contribution in [0.5, 0.6) is 11.8 Å². The Morgan fingerprint density at radius 1 is 1.39 bits per heavy atom. The normalized spacial score (nSPS) is 11.9. The van der Waals surface area contributed by atoms with Crippen LogP contribution >= 0.6 is 0 Å². The first kappa shape index (κ1) is 22.0. The number of aromatic carboxylic acids is 1. The molecule has 11 heteroatoms. The summed E-state index contributed by atoms with van der Waals surface area (Å²) in [7, 11) is 5.10. The molecule has 0 aliphatic carbocycles. The van der Waals surface area contributed by atoms with Gasteiger partial charge in [0.05, 0.1) is 30.1 Å². The summed E-state index contributed by atoms with van der Waals surface area (Å²) in [6.07, 6.45) is 1.47. The Morgan fingerprint density at radius 3 is 2.77 bits per heavy atom. The number of hydrogen-bond acceptors (Lipinski definition) is 8. The molecule has 0 fully saturated rings. The average Bonchev–Trinajstić information content (AvgIpc) is 3.08. The number of anilines is 1. The van der Waals surface area contributed by atoms with Gasteiger partial charge in [-0.15, -0.1) is 5.10 Å². The van der Waals surface area contributed by atoms with Crippen molar-refractivity contribution in [3.8, 4) is 23.0 Å². The number of benzene rings is 1. The van der Waals surface area contributed by atoms with Crippen LogP contribution in [0.3, 0.4) is 0 Å². The second-order valence-electron chi connectivity index (χ2n) is 6.74. The third-order valence-corrected chi connectivity index (χ3v) is 4.78. The first-order valence-electron chi connectivity index (χ1n) is 9.32. The number of nitrogens with two attached hydrogens (primary N) is 1. The Kier molecular flexibility index (Phi) is 6.35. The van der Waals surface area contributed by atoms with E-state index in [1.54, 1.807) is 11.7 Å². The number of carboxylic acids is 1. The van der Waals surface area contributed by atoms with Crippen molar-refractivity contribution in [1.29, 1.82) is 0 Å². The van der Waals surface area contributed by atoms with E-state index in [0.29, 0.717) is 17.1 Å². The van der Waals surface area contributed by atoms with Gasteiger partial charge in [-0.2, -0.15) is 0 Å². The lowest BCUT2D eigenvalue weighted by atomic mass is 10.1. The predicted molar refractivity (Wildman–Crippen MR) is 110 cm³/mol. The van der Waals surface area contributed by atoms with Crippen LogP contribution in [0.1, 0.15) is 34.6 Å². The van der Waals surface area contributed by atoms with Gasteiger partial charge in [0.15, 0.2) is 5.82 Å². The summed E-state index contributed by atoms with van der Waals surface area (Å²) < 4.78 is 26.3. The molecule has 2 aromatic heterocycles. The Labute approximate surface area is 177 Å². The topological polar surface area (TPSA) is 137 Å². The van der Waals surface area contributed by atoms with Gasteiger partial charge in [0.25, 0.3) is 5.88 Å². The van der Waals surface area contributed by atoms with Crippen LogP contribution in [-0.2, 0) is 13.7 Å². The summed E-state index contributed by atoms with van der Waals surface area (Å²) in [6, 6.07) is 3.26. The average molecular weight is 430 g/mol. The lowest BCUT2D eigenvalue weighted by Crippen LogP contribution is -2.17. The largest absolute Gasteiger partial charge is 0.479 e. The molecule has 1 atom stereocenters. The summed E-state index contributed by atoms with van der Waals surface area (Å²) >= 11 is 0. The maximum Gasteiger partial charge on any atom is 0.336 e. The molecule has 10 nitrogen and oxygen atoms in total. The lowest BCUT2D eigenvalue weighted by Gasteiger charge is -2.14. The standard InChI is InChI=1S/C20H23FN6O4/c1-10(23-2)16-15(18(30-4)26-27(16)3)14-8-24-17(22)19(25-14)31-9-11-7-12(21)5-6-13(11)20(28)29/h5-8,10,23H,9H2,1-4H3,(H2,22,24)(H,28,29). The van der Waals surface area contributed by atoms with Gasteiger partial charge >= 0.3 is 5.97 Å². The van der Waals surface area contributed by atoms with Gasteiger partial charge in [-0.05, 0) is 32.2 Å². The highest BCUT2D eigenvalue weighted by atomic mass is 19.1. The van der Waals surface area contributed by atoms with E-state index in [1.807, 2.05) is 14.0 Å². The fraction of sp³-hybridized carbons (Fsp3) is 0.300. The molecule has 31 heavy (non-hydrogen) atoms. The van der Waals surface area contributed by atoms with Gasteiger partial charge in [-0.1, -0.05) is 0 Å². The van der Waals surface area contributed by atoms with Crippen molar-refractivity contribution in [2.24, 2.45) is 7.05 Å². The van der Waals surface area contributed by atoms with Crippen molar-refractivity contribution < 1.29 is 23.8 Å². The quantitative estimate of drug-likeness (QED) is 0.491. The van der Waals surface area contributed by atoms with Crippen molar-refractivity contribution in [3.05, 3.63) is 47.0 Å². The fourth-order valence-corrected chi connectivity index (χ4v) is 3.17. The zero-order valence-electron chi connectivity index (χ0n) is 17.5. The third-order valence-electron chi connectivity index (χ3n) is 4.78. The molecule has 0 saturated carbocycles. The maximum atomic E-state index is 13.6. The van der Waals surface area contributed by atoms with Crippen LogP contribution in [-0.4, -0.2) is 45.0 Å². The zero-order valence-corrected chi connectivity index (χ0v) is 17.5. The van der Waals surface area contributed by atoms with Crippen LogP contribution in [0.15, 0.2) is 24.4 Å². The molecular formula is C20H23FN6O4. The highest BCUT2D eigenvalue weighted by Crippen LogP contribution is 2.36. The van der Waals surface area contributed by atoms with Gasteiger partial charge in [0, 0.05) is 18.7 Å². The summed E-state index contributed by atoms with van der Waals surface area (Å²) in [6.45, 7) is 1.70. The van der Waals surface area contributed by atoms with Crippen molar-refractivity contribution >= 4 is 11.8 Å². The first-order chi connectivity index (χ1) is 14.8. The molecule has 1 unspecified atom stereocenters. The number of halogens is 1. The molecular weight excluding hydrogens is 407 g/mol. The van der Waals surface area contributed by atoms with Crippen LogP contribution in [0.25, 0.3) is 11.3 Å². The number of methoxy groups -OCH3 is 1. The molecule has 1 aromatic carbocycles. The van der Waals surface area contributed by atoms with Crippen LogP contribution in [0.2, 0.25) is 0 Å². The minimum atomic E-state index is -1.20. The minimum Gasteiger partial charge on any atom is -0.479 e. The Bertz CT molecular complexity index is 1120. The molecule has 164 valence electrons. The molecule has 2 heterocycles. The predicted octanol–water partition coefficient (Wildman–Crippen LogP) is 2.16. The number of carbonyl (C=O) groups is 1. The van der Waals surface area contributed by atoms with Crippen LogP contribution < -0.4 is 20.5 Å². The Morgan fingerprint density at radius 2 is 2.13 bits per heavy atom. The van der Waals surface area contributed by atoms with E-state index in [1.165, 1.54) is 19.4 Å². The fourth-order valence-electron chi connectivity index (χ4n) is 3.17. The number of hydrogen-bond donors (Lipinski definition) is 3. The third kappa shape index (κ3) is 4.40. The number of rotatable bonds is 8. The van der Waals surface area contributed by atoms with Crippen molar-refractivity contribution in [3.63, 3.8) is 0 Å². The Hall–Kier alpha value is -3.73. The van der Waals surface area contributed by atoms with E-state index in [2.05, 4.69) is 20.4 Å². The van der Waals surface area contributed by atoms with Crippen molar-refractivity contribution in [1.82, 2.24) is 25.1 Å². The monoisotopic (exact) mass is 430 g/mol. The lowest BCUT2D eigenvalue weighted by molar-refractivity contribution is 0.0693. The van der Waals surface area contributed by atoms with Crippen LogP contribution in [0.4, 0.5) is 10.2 Å². The number of aryl methyl sites for hydroxylation is 1. The SMILES string of the molecule is CNC(C)c1c(-c2cnc(N)c(OCc3cc(F)ccc3C(=O)O)n2)c(OC)nn1C. The summed E-state index contributed by atoms with van der Waals surface area (Å²) in [4.78, 5) is 20.0. The van der Waals surface area contributed by atoms with E-state index >= 15 is 0 Å². The number of ether oxygens (including phenoxy) is 2. The molecule has 0 bridgehead atoms. The number of nitrogens with one attached hydrogen (secondary N) is 1. The van der Waals surface area contributed by atoms with E-state index in [-0.39, 0.29) is 35.5 Å². The van der Waals surface area contributed by atoms with Gasteiger partial charge in [0.1, 0.15) is 18.1 Å². The van der Waals surface area contributed by atoms with E-state index in [9.17, 15) is 14.3 Å². The van der Waals surface area contributed by atoms with Crippen LogP contribution in [0, 0.1) is 5.82 Å². The highest BCUT2D eigenvalue weighted by Gasteiger charge is 2.24. The zero-order chi connectivity index (χ0) is 22.7. The molecule has 0 aliphatic heterocycles. The van der Waals surface area contributed by atoms with Crippen molar-refractivity contribution in [2.45, 2.75) is 19.6 Å². The van der Waals surface area contributed by atoms with Crippen molar-refractivity contribution in [2.75, 3.05) is 19.9 Å². The second-order valence-corrected chi connectivity index (χ2v) is 6.74. The summed E-state index contributed by atoms with van der Waals surface area (Å²) in [5, 5.41) is 16.8. The van der Waals surface area contributed by atoms with E-state index < -0.39 is 11.8 Å². The minimum absolute atomic E-state index is 0.00287. The molecule has 4 N–H and O–H groups in total. The maximum absolute atomic E-state index is 13.6. The van der Waals surface area contributed by atoms with E-state index in [4.69, 9.17) is 15.2 Å². The first-order valence-corrected chi connectivity index (χ1v) is 9.32.